The zero-order valence-corrected chi connectivity index (χ0v) is 21.7. The fourth-order valence-electron chi connectivity index (χ4n) is 3.82. The maximum Gasteiger partial charge on any atom is 0.341 e. The number of nitrogens with one attached hydrogen (secondary N) is 1. The van der Waals surface area contributed by atoms with Gasteiger partial charge in [0.1, 0.15) is 5.00 Å². The van der Waals surface area contributed by atoms with Crippen LogP contribution in [-0.4, -0.2) is 73.2 Å². The summed E-state index contributed by atoms with van der Waals surface area (Å²) in [5, 5.41) is 4.99. The minimum Gasteiger partial charge on any atom is -0.465 e. The van der Waals surface area contributed by atoms with Gasteiger partial charge >= 0.3 is 5.97 Å². The van der Waals surface area contributed by atoms with E-state index in [2.05, 4.69) is 15.1 Å². The van der Waals surface area contributed by atoms with Gasteiger partial charge in [-0.2, -0.15) is 0 Å². The third-order valence-electron chi connectivity index (χ3n) is 5.74. The lowest BCUT2D eigenvalue weighted by Crippen LogP contribution is -2.50. The number of amides is 1. The minimum absolute atomic E-state index is 0.0956. The normalized spacial score (nSPS) is 13.6. The van der Waals surface area contributed by atoms with Gasteiger partial charge in [-0.15, -0.1) is 11.3 Å². The third-order valence-corrected chi connectivity index (χ3v) is 7.53. The van der Waals surface area contributed by atoms with E-state index >= 15 is 0 Å². The van der Waals surface area contributed by atoms with Crippen LogP contribution in [0.15, 0.2) is 24.3 Å². The summed E-state index contributed by atoms with van der Waals surface area (Å²) in [4.78, 5) is 32.1. The molecule has 0 saturated carbocycles. The first-order valence-electron chi connectivity index (χ1n) is 10.9. The Hall–Kier alpha value is -2.36. The number of piperazine rings is 1. The van der Waals surface area contributed by atoms with Crippen molar-refractivity contribution in [1.29, 1.82) is 0 Å². The molecule has 0 spiro atoms. The van der Waals surface area contributed by atoms with E-state index in [4.69, 9.17) is 28.6 Å². The number of anilines is 2. The summed E-state index contributed by atoms with van der Waals surface area (Å²) in [6.07, 6.45) is 0. The van der Waals surface area contributed by atoms with Crippen LogP contribution in [0.3, 0.4) is 0 Å². The van der Waals surface area contributed by atoms with Crippen molar-refractivity contribution in [2.45, 2.75) is 20.8 Å². The summed E-state index contributed by atoms with van der Waals surface area (Å²) in [6.45, 7) is 9.87. The van der Waals surface area contributed by atoms with Crippen LogP contribution in [0.5, 0.6) is 0 Å². The second kappa shape index (κ2) is 11.2. The fourth-order valence-corrected chi connectivity index (χ4v) is 5.52. The zero-order chi connectivity index (χ0) is 24.1. The van der Waals surface area contributed by atoms with Crippen molar-refractivity contribution in [3.63, 3.8) is 0 Å². The molecule has 1 saturated heterocycles. The molecule has 0 unspecified atom stereocenters. The van der Waals surface area contributed by atoms with Crippen molar-refractivity contribution in [3.05, 3.63) is 45.3 Å². The van der Waals surface area contributed by atoms with Crippen molar-refractivity contribution in [3.8, 4) is 0 Å². The van der Waals surface area contributed by atoms with Crippen LogP contribution >= 0.6 is 35.2 Å². The van der Waals surface area contributed by atoms with Gasteiger partial charge in [0, 0.05) is 50.0 Å². The predicted molar refractivity (Wildman–Crippen MR) is 139 cm³/mol. The molecule has 3 rings (SSSR count). The Bertz CT molecular complexity index is 1030. The van der Waals surface area contributed by atoms with Crippen LogP contribution in [-0.2, 0) is 4.74 Å². The highest BCUT2D eigenvalue weighted by molar-refractivity contribution is 7.80. The van der Waals surface area contributed by atoms with Crippen molar-refractivity contribution >= 4 is 62.8 Å². The van der Waals surface area contributed by atoms with Gasteiger partial charge < -0.3 is 24.8 Å². The Balaban J connectivity index is 1.75. The van der Waals surface area contributed by atoms with E-state index in [-0.39, 0.29) is 5.91 Å². The van der Waals surface area contributed by atoms with E-state index in [1.165, 1.54) is 18.4 Å². The van der Waals surface area contributed by atoms with Gasteiger partial charge in [-0.1, -0.05) is 17.7 Å². The standard InChI is InChI=1S/C23H29ClN4O3S2/c1-5-26(6-2)21(29)19-15(3)18(22(30)31-4)20(33-19)25-23(32)28-12-10-27(11-13-28)17-9-7-8-16(24)14-17/h7-9,14H,5-6,10-13H2,1-4H3,(H,25,32). The molecule has 0 atom stereocenters. The van der Waals surface area contributed by atoms with Gasteiger partial charge in [0.05, 0.1) is 17.6 Å². The molecule has 1 aromatic carbocycles. The molecule has 2 heterocycles. The van der Waals surface area contributed by atoms with Gasteiger partial charge in [0.25, 0.3) is 5.91 Å². The molecular weight excluding hydrogens is 480 g/mol. The predicted octanol–water partition coefficient (Wildman–Crippen LogP) is 4.50. The first-order chi connectivity index (χ1) is 15.8. The Labute approximate surface area is 209 Å². The van der Waals surface area contributed by atoms with Gasteiger partial charge in [-0.25, -0.2) is 4.79 Å². The van der Waals surface area contributed by atoms with Crippen molar-refractivity contribution in [2.75, 3.05) is 56.6 Å². The molecule has 7 nitrogen and oxygen atoms in total. The Morgan fingerprint density at radius 3 is 2.45 bits per heavy atom. The lowest BCUT2D eigenvalue weighted by atomic mass is 10.1. The Kier molecular flexibility index (Phi) is 8.56. The van der Waals surface area contributed by atoms with Crippen LogP contribution < -0.4 is 10.2 Å². The number of hydrogen-bond acceptors (Lipinski definition) is 6. The summed E-state index contributed by atoms with van der Waals surface area (Å²) in [5.41, 5.74) is 2.06. The maximum atomic E-state index is 13.0. The number of thiocarbonyl (C=S) groups is 1. The van der Waals surface area contributed by atoms with Crippen molar-refractivity contribution in [1.82, 2.24) is 9.80 Å². The molecule has 1 amide bonds. The molecule has 1 aliphatic heterocycles. The average molecular weight is 509 g/mol. The second-order valence-electron chi connectivity index (χ2n) is 7.61. The summed E-state index contributed by atoms with van der Waals surface area (Å²) < 4.78 is 4.99. The van der Waals surface area contributed by atoms with Crippen LogP contribution in [0.2, 0.25) is 5.02 Å². The van der Waals surface area contributed by atoms with Gasteiger partial charge in [0.15, 0.2) is 5.11 Å². The average Bonchev–Trinajstić information content (AvgIpc) is 3.14. The van der Waals surface area contributed by atoms with Gasteiger partial charge in [0.2, 0.25) is 0 Å². The number of hydrogen-bond donors (Lipinski definition) is 1. The lowest BCUT2D eigenvalue weighted by Gasteiger charge is -2.37. The third kappa shape index (κ3) is 5.59. The molecule has 178 valence electrons. The highest BCUT2D eigenvalue weighted by Crippen LogP contribution is 2.35. The summed E-state index contributed by atoms with van der Waals surface area (Å²) in [6, 6.07) is 7.81. The van der Waals surface area contributed by atoms with E-state index in [0.717, 1.165) is 31.9 Å². The van der Waals surface area contributed by atoms with Crippen LogP contribution in [0.1, 0.15) is 39.4 Å². The summed E-state index contributed by atoms with van der Waals surface area (Å²) in [7, 11) is 1.34. The molecular formula is C23H29ClN4O3S2. The quantitative estimate of drug-likeness (QED) is 0.455. The first-order valence-corrected chi connectivity index (χ1v) is 12.5. The molecule has 1 fully saturated rings. The number of esters is 1. The van der Waals surface area contributed by atoms with Crippen LogP contribution in [0.25, 0.3) is 0 Å². The van der Waals surface area contributed by atoms with Crippen molar-refractivity contribution in [2.24, 2.45) is 0 Å². The van der Waals surface area contributed by atoms with Crippen molar-refractivity contribution < 1.29 is 14.3 Å². The van der Waals surface area contributed by atoms with E-state index in [1.54, 1.807) is 11.8 Å². The topological polar surface area (TPSA) is 65.1 Å². The van der Waals surface area contributed by atoms with E-state index < -0.39 is 5.97 Å². The number of ether oxygens (including phenoxy) is 1. The van der Waals surface area contributed by atoms with E-state index in [0.29, 0.717) is 44.2 Å². The zero-order valence-electron chi connectivity index (χ0n) is 19.3. The second-order valence-corrected chi connectivity index (χ2v) is 9.46. The minimum atomic E-state index is -0.488. The molecule has 1 aromatic heterocycles. The van der Waals surface area contributed by atoms with Gasteiger partial charge in [-0.3, -0.25) is 4.79 Å². The Morgan fingerprint density at radius 1 is 1.21 bits per heavy atom. The molecule has 0 bridgehead atoms. The number of methoxy groups -OCH3 is 1. The molecule has 33 heavy (non-hydrogen) atoms. The van der Waals surface area contributed by atoms with Crippen LogP contribution in [0, 0.1) is 6.92 Å². The number of benzene rings is 1. The number of nitrogens with zero attached hydrogens (tertiary/aromatic N) is 3. The van der Waals surface area contributed by atoms with E-state index in [9.17, 15) is 9.59 Å². The summed E-state index contributed by atoms with van der Waals surface area (Å²) in [5.74, 6) is -0.583. The monoisotopic (exact) mass is 508 g/mol. The number of halogens is 1. The highest BCUT2D eigenvalue weighted by Gasteiger charge is 2.28. The number of carbonyl (C=O) groups is 2. The van der Waals surface area contributed by atoms with E-state index in [1.807, 2.05) is 38.1 Å². The number of carbonyl (C=O) groups excluding carboxylic acids is 2. The largest absolute Gasteiger partial charge is 0.465 e. The molecule has 1 N–H and O–H groups in total. The SMILES string of the molecule is CCN(CC)C(=O)c1sc(NC(=S)N2CCN(c3cccc(Cl)c3)CC2)c(C(=O)OC)c1C. The van der Waals surface area contributed by atoms with Crippen LogP contribution in [0.4, 0.5) is 10.7 Å². The maximum absolute atomic E-state index is 13.0. The molecule has 2 aromatic rings. The molecule has 0 aliphatic carbocycles. The fraction of sp³-hybridized carbons (Fsp3) is 0.435. The first kappa shape index (κ1) is 25.3. The Morgan fingerprint density at radius 2 is 1.88 bits per heavy atom. The molecule has 10 heteroatoms. The molecule has 0 radical (unpaired) electrons. The lowest BCUT2D eigenvalue weighted by molar-refractivity contribution is 0.0601. The molecule has 1 aliphatic rings. The van der Waals surface area contributed by atoms with Gasteiger partial charge in [-0.05, 0) is 56.8 Å². The highest BCUT2D eigenvalue weighted by atomic mass is 35.5. The summed E-state index contributed by atoms with van der Waals surface area (Å²) >= 11 is 13.0. The number of rotatable bonds is 6. The smallest absolute Gasteiger partial charge is 0.341 e. The number of thiophene rings is 1.